The van der Waals surface area contributed by atoms with E-state index in [0.717, 1.165) is 18.9 Å². The van der Waals surface area contributed by atoms with E-state index >= 15 is 0 Å². The summed E-state index contributed by atoms with van der Waals surface area (Å²) in [7, 11) is 0. The molecule has 0 radical (unpaired) electrons. The van der Waals surface area contributed by atoms with Crippen molar-refractivity contribution in [1.29, 1.82) is 0 Å². The molecule has 0 saturated heterocycles. The molecule has 3 rings (SSSR count). The van der Waals surface area contributed by atoms with Crippen molar-refractivity contribution in [1.82, 2.24) is 9.55 Å². The fraction of sp³-hybridized carbons (Fsp3) is 0.364. The number of hydrogen-bond acceptors (Lipinski definition) is 1. The first-order valence-corrected chi connectivity index (χ1v) is 5.66. The minimum Gasteiger partial charge on any atom is -0.321 e. The van der Waals surface area contributed by atoms with Gasteiger partial charge in [-0.2, -0.15) is 0 Å². The number of rotatable bonds is 2. The maximum absolute atomic E-state index is 13.7. The van der Waals surface area contributed by atoms with Crippen LogP contribution in [-0.4, -0.2) is 9.55 Å². The van der Waals surface area contributed by atoms with Gasteiger partial charge in [-0.3, -0.25) is 0 Å². The summed E-state index contributed by atoms with van der Waals surface area (Å²) >= 11 is 5.77. The Morgan fingerprint density at radius 3 is 2.75 bits per heavy atom. The molecule has 1 aliphatic carbocycles. The summed E-state index contributed by atoms with van der Waals surface area (Å²) in [4.78, 5) is 4.22. The fourth-order valence-electron chi connectivity index (χ4n) is 1.99. The molecule has 5 heteroatoms. The molecular formula is C11H9ClF2N2. The van der Waals surface area contributed by atoms with Crippen LogP contribution in [0.15, 0.2) is 12.1 Å². The molecule has 2 nitrogen and oxygen atoms in total. The topological polar surface area (TPSA) is 17.8 Å². The van der Waals surface area contributed by atoms with Crippen LogP contribution >= 0.6 is 11.6 Å². The summed E-state index contributed by atoms with van der Waals surface area (Å²) in [5.74, 6) is -0.834. The Kier molecular flexibility index (Phi) is 2.14. The van der Waals surface area contributed by atoms with Gasteiger partial charge in [0.25, 0.3) is 0 Å². The van der Waals surface area contributed by atoms with Gasteiger partial charge >= 0.3 is 0 Å². The van der Waals surface area contributed by atoms with Gasteiger partial charge in [-0.1, -0.05) is 0 Å². The highest BCUT2D eigenvalue weighted by molar-refractivity contribution is 6.16. The van der Waals surface area contributed by atoms with Crippen molar-refractivity contribution in [2.24, 2.45) is 0 Å². The summed E-state index contributed by atoms with van der Waals surface area (Å²) in [6.07, 6.45) is 1.95. The predicted octanol–water partition coefficient (Wildman–Crippen LogP) is 3.39. The van der Waals surface area contributed by atoms with E-state index in [9.17, 15) is 8.78 Å². The van der Waals surface area contributed by atoms with E-state index in [1.54, 1.807) is 4.57 Å². The highest BCUT2D eigenvalue weighted by Gasteiger charge is 2.29. The van der Waals surface area contributed by atoms with Crippen LogP contribution in [0.3, 0.4) is 0 Å². The van der Waals surface area contributed by atoms with Gasteiger partial charge in [0.15, 0.2) is 11.6 Å². The van der Waals surface area contributed by atoms with E-state index < -0.39 is 11.6 Å². The number of aromatic nitrogens is 2. The third kappa shape index (κ3) is 1.33. The second-order valence-corrected chi connectivity index (χ2v) is 4.26. The van der Waals surface area contributed by atoms with Crippen LogP contribution in [0.25, 0.3) is 11.0 Å². The van der Waals surface area contributed by atoms with E-state index in [1.165, 1.54) is 6.07 Å². The molecule has 0 bridgehead atoms. The number of fused-ring (bicyclic) bond motifs is 1. The molecule has 2 aromatic rings. The molecule has 0 atom stereocenters. The summed E-state index contributed by atoms with van der Waals surface area (Å²) in [5.41, 5.74) is 0.722. The van der Waals surface area contributed by atoms with Crippen molar-refractivity contribution in [3.63, 3.8) is 0 Å². The van der Waals surface area contributed by atoms with Gasteiger partial charge in [0.1, 0.15) is 11.3 Å². The normalized spacial score (nSPS) is 15.9. The van der Waals surface area contributed by atoms with Crippen molar-refractivity contribution >= 4 is 22.6 Å². The van der Waals surface area contributed by atoms with Crippen LogP contribution < -0.4 is 0 Å². The smallest absolute Gasteiger partial charge is 0.184 e. The molecule has 1 fully saturated rings. The Hall–Kier alpha value is -1.16. The summed E-state index contributed by atoms with van der Waals surface area (Å²) in [6, 6.07) is 2.82. The zero-order valence-corrected chi connectivity index (χ0v) is 9.14. The quantitative estimate of drug-likeness (QED) is 0.738. The van der Waals surface area contributed by atoms with Crippen LogP contribution in [0, 0.1) is 11.6 Å². The monoisotopic (exact) mass is 242 g/mol. The maximum atomic E-state index is 13.7. The van der Waals surface area contributed by atoms with Gasteiger partial charge in [0, 0.05) is 6.04 Å². The molecule has 1 heterocycles. The Balaban J connectivity index is 2.37. The van der Waals surface area contributed by atoms with E-state index in [1.807, 2.05) is 0 Å². The SMILES string of the molecule is Fc1ccc2nc(CCl)n(C3CC3)c2c1F. The van der Waals surface area contributed by atoms with Gasteiger partial charge in [0.2, 0.25) is 0 Å². The number of nitrogens with zero attached hydrogens (tertiary/aromatic N) is 2. The molecule has 16 heavy (non-hydrogen) atoms. The van der Waals surface area contributed by atoms with Gasteiger partial charge < -0.3 is 4.57 Å². The third-order valence-electron chi connectivity index (χ3n) is 2.85. The number of halogens is 3. The van der Waals surface area contributed by atoms with E-state index in [2.05, 4.69) is 4.98 Å². The number of hydrogen-bond donors (Lipinski definition) is 0. The second kappa shape index (κ2) is 3.42. The Morgan fingerprint density at radius 2 is 2.12 bits per heavy atom. The Labute approximate surface area is 95.8 Å². The Bertz CT molecular complexity index is 561. The van der Waals surface area contributed by atoms with E-state index in [4.69, 9.17) is 11.6 Å². The molecular weight excluding hydrogens is 234 g/mol. The molecule has 1 aromatic carbocycles. The highest BCUT2D eigenvalue weighted by atomic mass is 35.5. The molecule has 0 unspecified atom stereocenters. The molecule has 1 saturated carbocycles. The number of imidazole rings is 1. The van der Waals surface area contributed by atoms with E-state index in [0.29, 0.717) is 11.3 Å². The molecule has 84 valence electrons. The van der Waals surface area contributed by atoms with Gasteiger partial charge in [-0.25, -0.2) is 13.8 Å². The summed E-state index contributed by atoms with van der Waals surface area (Å²) < 4.78 is 28.6. The lowest BCUT2D eigenvalue weighted by molar-refractivity contribution is 0.511. The van der Waals surface area contributed by atoms with E-state index in [-0.39, 0.29) is 17.4 Å². The average molecular weight is 243 g/mol. The minimum atomic E-state index is -0.838. The highest BCUT2D eigenvalue weighted by Crippen LogP contribution is 2.39. The zero-order chi connectivity index (χ0) is 11.3. The standard InChI is InChI=1S/C11H9ClF2N2/c12-5-9-15-8-4-3-7(13)10(14)11(8)16(9)6-1-2-6/h3-4,6H,1-2,5H2. The number of benzene rings is 1. The lowest BCUT2D eigenvalue weighted by Gasteiger charge is -2.05. The third-order valence-corrected chi connectivity index (χ3v) is 3.09. The van der Waals surface area contributed by atoms with Crippen LogP contribution in [0.5, 0.6) is 0 Å². The van der Waals surface area contributed by atoms with Gasteiger partial charge in [-0.05, 0) is 25.0 Å². The van der Waals surface area contributed by atoms with Crippen molar-refractivity contribution in [2.75, 3.05) is 0 Å². The molecule has 0 spiro atoms. The minimum absolute atomic E-state index is 0.215. The first-order valence-electron chi connectivity index (χ1n) is 5.13. The predicted molar refractivity (Wildman–Crippen MR) is 57.5 cm³/mol. The summed E-state index contributed by atoms with van der Waals surface area (Å²) in [6.45, 7) is 0. The molecule has 1 aromatic heterocycles. The van der Waals surface area contributed by atoms with Crippen molar-refractivity contribution < 1.29 is 8.78 Å². The first-order chi connectivity index (χ1) is 7.72. The summed E-state index contributed by atoms with van der Waals surface area (Å²) in [5, 5.41) is 0. The van der Waals surface area contributed by atoms with Gasteiger partial charge in [0.05, 0.1) is 11.4 Å². The number of alkyl halides is 1. The lowest BCUT2D eigenvalue weighted by atomic mass is 10.3. The van der Waals surface area contributed by atoms with Crippen molar-refractivity contribution in [3.05, 3.63) is 29.6 Å². The van der Waals surface area contributed by atoms with Gasteiger partial charge in [-0.15, -0.1) is 11.6 Å². The fourth-order valence-corrected chi connectivity index (χ4v) is 2.18. The maximum Gasteiger partial charge on any atom is 0.184 e. The zero-order valence-electron chi connectivity index (χ0n) is 8.38. The molecule has 1 aliphatic rings. The average Bonchev–Trinajstić information content (AvgIpc) is 3.04. The first kappa shape index (κ1) is 10.0. The van der Waals surface area contributed by atoms with Crippen LogP contribution in [-0.2, 0) is 5.88 Å². The van der Waals surface area contributed by atoms with Crippen molar-refractivity contribution in [2.45, 2.75) is 24.8 Å². The van der Waals surface area contributed by atoms with Crippen LogP contribution in [0.2, 0.25) is 0 Å². The lowest BCUT2D eigenvalue weighted by Crippen LogP contribution is -2.01. The molecule has 0 aliphatic heterocycles. The van der Waals surface area contributed by atoms with Crippen molar-refractivity contribution in [3.8, 4) is 0 Å². The second-order valence-electron chi connectivity index (χ2n) is 3.99. The molecule has 0 N–H and O–H groups in total. The molecule has 0 amide bonds. The van der Waals surface area contributed by atoms with Crippen LogP contribution in [0.1, 0.15) is 24.7 Å². The van der Waals surface area contributed by atoms with Crippen LogP contribution in [0.4, 0.5) is 8.78 Å². The Morgan fingerprint density at radius 1 is 1.38 bits per heavy atom. The largest absolute Gasteiger partial charge is 0.321 e.